The van der Waals surface area contributed by atoms with Crippen molar-refractivity contribution in [3.05, 3.63) is 34.9 Å². The fraction of sp³-hybridized carbons (Fsp3) is 0.308. The molecule has 88 valence electrons. The molecular formula is C13H13BrN2O. The van der Waals surface area contributed by atoms with Crippen molar-refractivity contribution in [2.45, 2.75) is 12.5 Å². The Morgan fingerprint density at radius 1 is 1.29 bits per heavy atom. The molecule has 1 aromatic heterocycles. The maximum Gasteiger partial charge on any atom is 0.221 e. The van der Waals surface area contributed by atoms with Crippen LogP contribution in [0.1, 0.15) is 6.42 Å². The highest BCUT2D eigenvalue weighted by Gasteiger charge is 2.17. The molecule has 3 nitrogen and oxygen atoms in total. The second-order valence-electron chi connectivity index (χ2n) is 4.18. The van der Waals surface area contributed by atoms with Gasteiger partial charge in [0.05, 0.1) is 0 Å². The van der Waals surface area contributed by atoms with Gasteiger partial charge in [-0.05, 0) is 31.2 Å². The fourth-order valence-electron chi connectivity index (χ4n) is 2.12. The minimum absolute atomic E-state index is 0.243. The lowest BCUT2D eigenvalue weighted by Gasteiger charge is -2.13. The van der Waals surface area contributed by atoms with Crippen molar-refractivity contribution in [3.63, 3.8) is 0 Å². The number of nitrogens with one attached hydrogen (secondary N) is 1. The van der Waals surface area contributed by atoms with Gasteiger partial charge in [0.15, 0.2) is 0 Å². The molecule has 1 N–H and O–H groups in total. The number of hydrogen-bond donors (Lipinski definition) is 1. The third-order valence-electron chi connectivity index (χ3n) is 3.01. The summed E-state index contributed by atoms with van der Waals surface area (Å²) in [6, 6.07) is 8.08. The summed E-state index contributed by atoms with van der Waals surface area (Å²) in [6.45, 7) is 1.94. The summed E-state index contributed by atoms with van der Waals surface area (Å²) in [6.07, 6.45) is 3.09. The molecule has 1 unspecified atom stereocenters. The first-order valence-corrected chi connectivity index (χ1v) is 6.54. The Bertz CT molecular complexity index is 538. The zero-order valence-electron chi connectivity index (χ0n) is 9.32. The Kier molecular flexibility index (Phi) is 2.99. The maximum atomic E-state index is 5.95. The first kappa shape index (κ1) is 11.0. The molecular weight excluding hydrogens is 280 g/mol. The highest BCUT2D eigenvalue weighted by molar-refractivity contribution is 9.10. The normalized spacial score (nSPS) is 19.7. The molecule has 0 aliphatic carbocycles. The molecule has 1 aromatic carbocycles. The van der Waals surface area contributed by atoms with Gasteiger partial charge in [0.1, 0.15) is 6.10 Å². The van der Waals surface area contributed by atoms with Gasteiger partial charge in [-0.15, -0.1) is 0 Å². The Labute approximate surface area is 108 Å². The summed E-state index contributed by atoms with van der Waals surface area (Å²) in [4.78, 5) is 4.34. The van der Waals surface area contributed by atoms with E-state index in [1.54, 1.807) is 6.20 Å². The molecule has 1 fully saturated rings. The van der Waals surface area contributed by atoms with Crippen molar-refractivity contribution in [1.82, 2.24) is 10.3 Å². The molecule has 3 rings (SSSR count). The van der Waals surface area contributed by atoms with Gasteiger partial charge in [-0.3, -0.25) is 0 Å². The standard InChI is InChI=1S/C13H13BrN2O/c14-12-3-1-2-11-10(12)5-7-16-13(11)17-9-4-6-15-8-9/h1-3,5,7,9,15H,4,6,8H2. The van der Waals surface area contributed by atoms with Gasteiger partial charge in [0.2, 0.25) is 5.88 Å². The van der Waals surface area contributed by atoms with Gasteiger partial charge >= 0.3 is 0 Å². The average molecular weight is 293 g/mol. The van der Waals surface area contributed by atoms with E-state index in [2.05, 4.69) is 26.2 Å². The molecule has 4 heteroatoms. The van der Waals surface area contributed by atoms with Gasteiger partial charge in [0.25, 0.3) is 0 Å². The van der Waals surface area contributed by atoms with Crippen molar-refractivity contribution in [2.75, 3.05) is 13.1 Å². The molecule has 0 radical (unpaired) electrons. The average Bonchev–Trinajstić information content (AvgIpc) is 2.83. The van der Waals surface area contributed by atoms with Crippen molar-refractivity contribution in [3.8, 4) is 5.88 Å². The Hall–Kier alpha value is -1.13. The van der Waals surface area contributed by atoms with E-state index in [1.165, 1.54) is 0 Å². The largest absolute Gasteiger partial charge is 0.473 e. The van der Waals surface area contributed by atoms with Crippen LogP contribution in [0, 0.1) is 0 Å². The number of halogens is 1. The Morgan fingerprint density at radius 3 is 3.06 bits per heavy atom. The Morgan fingerprint density at radius 2 is 2.24 bits per heavy atom. The zero-order chi connectivity index (χ0) is 11.7. The number of ether oxygens (including phenoxy) is 1. The van der Waals surface area contributed by atoms with Crippen LogP contribution in [0.4, 0.5) is 0 Å². The van der Waals surface area contributed by atoms with Gasteiger partial charge in [-0.25, -0.2) is 4.98 Å². The van der Waals surface area contributed by atoms with Gasteiger partial charge in [-0.2, -0.15) is 0 Å². The monoisotopic (exact) mass is 292 g/mol. The topological polar surface area (TPSA) is 34.1 Å². The number of fused-ring (bicyclic) bond motifs is 1. The maximum absolute atomic E-state index is 5.95. The lowest BCUT2D eigenvalue weighted by atomic mass is 10.2. The molecule has 1 saturated heterocycles. The minimum Gasteiger partial charge on any atom is -0.473 e. The van der Waals surface area contributed by atoms with Crippen molar-refractivity contribution in [1.29, 1.82) is 0 Å². The van der Waals surface area contributed by atoms with Crippen LogP contribution in [0.15, 0.2) is 34.9 Å². The highest BCUT2D eigenvalue weighted by Crippen LogP contribution is 2.29. The molecule has 2 heterocycles. The lowest BCUT2D eigenvalue weighted by molar-refractivity contribution is 0.217. The third-order valence-corrected chi connectivity index (χ3v) is 3.70. The second-order valence-corrected chi connectivity index (χ2v) is 5.04. The van der Waals surface area contributed by atoms with Gasteiger partial charge in [0, 0.05) is 28.0 Å². The predicted octanol–water partition coefficient (Wildman–Crippen LogP) is 2.74. The van der Waals surface area contributed by atoms with Crippen LogP contribution in [0.3, 0.4) is 0 Å². The molecule has 2 aromatic rings. The molecule has 1 aliphatic heterocycles. The van der Waals surface area contributed by atoms with Crippen molar-refractivity contribution >= 4 is 26.7 Å². The number of hydrogen-bond acceptors (Lipinski definition) is 3. The van der Waals surface area contributed by atoms with Crippen LogP contribution in [0.25, 0.3) is 10.8 Å². The zero-order valence-corrected chi connectivity index (χ0v) is 10.9. The fourth-order valence-corrected chi connectivity index (χ4v) is 2.62. The summed E-state index contributed by atoms with van der Waals surface area (Å²) < 4.78 is 7.02. The first-order chi connectivity index (χ1) is 8.34. The minimum atomic E-state index is 0.243. The van der Waals surface area contributed by atoms with E-state index < -0.39 is 0 Å². The molecule has 0 saturated carbocycles. The quantitative estimate of drug-likeness (QED) is 0.924. The van der Waals surface area contributed by atoms with Crippen LogP contribution in [-0.2, 0) is 0 Å². The predicted molar refractivity (Wildman–Crippen MR) is 71.3 cm³/mol. The molecule has 1 atom stereocenters. The van der Waals surface area contributed by atoms with E-state index in [0.29, 0.717) is 0 Å². The van der Waals surface area contributed by atoms with Crippen LogP contribution in [0.2, 0.25) is 0 Å². The number of benzene rings is 1. The van der Waals surface area contributed by atoms with E-state index in [-0.39, 0.29) is 6.10 Å². The molecule has 0 bridgehead atoms. The third kappa shape index (κ3) is 2.15. The molecule has 0 spiro atoms. The summed E-state index contributed by atoms with van der Waals surface area (Å²) in [5, 5.41) is 5.50. The number of rotatable bonds is 2. The van der Waals surface area contributed by atoms with E-state index in [9.17, 15) is 0 Å². The van der Waals surface area contributed by atoms with Crippen LogP contribution in [0.5, 0.6) is 5.88 Å². The van der Waals surface area contributed by atoms with Crippen molar-refractivity contribution in [2.24, 2.45) is 0 Å². The smallest absolute Gasteiger partial charge is 0.221 e. The molecule has 0 amide bonds. The number of nitrogens with zero attached hydrogens (tertiary/aromatic N) is 1. The first-order valence-electron chi connectivity index (χ1n) is 5.75. The van der Waals surface area contributed by atoms with Crippen LogP contribution < -0.4 is 10.1 Å². The summed E-state index contributed by atoms with van der Waals surface area (Å²) in [5.41, 5.74) is 0. The Balaban J connectivity index is 2.01. The summed E-state index contributed by atoms with van der Waals surface area (Å²) in [7, 11) is 0. The number of pyridine rings is 1. The summed E-state index contributed by atoms with van der Waals surface area (Å²) >= 11 is 3.55. The van der Waals surface area contributed by atoms with Gasteiger partial charge in [-0.1, -0.05) is 22.0 Å². The van der Waals surface area contributed by atoms with Crippen LogP contribution >= 0.6 is 15.9 Å². The van der Waals surface area contributed by atoms with Gasteiger partial charge < -0.3 is 10.1 Å². The molecule has 1 aliphatic rings. The second kappa shape index (κ2) is 4.63. The van der Waals surface area contributed by atoms with E-state index in [0.717, 1.165) is 40.6 Å². The van der Waals surface area contributed by atoms with E-state index >= 15 is 0 Å². The molecule has 17 heavy (non-hydrogen) atoms. The van der Waals surface area contributed by atoms with E-state index in [1.807, 2.05) is 24.3 Å². The van der Waals surface area contributed by atoms with Crippen LogP contribution in [-0.4, -0.2) is 24.2 Å². The summed E-state index contributed by atoms with van der Waals surface area (Å²) in [5.74, 6) is 0.734. The lowest BCUT2D eigenvalue weighted by Crippen LogP contribution is -2.20. The SMILES string of the molecule is Brc1cccc2c(OC3CCNC3)nccc12. The highest BCUT2D eigenvalue weighted by atomic mass is 79.9. The van der Waals surface area contributed by atoms with E-state index in [4.69, 9.17) is 4.74 Å². The number of aromatic nitrogens is 1. The van der Waals surface area contributed by atoms with Crippen molar-refractivity contribution < 1.29 is 4.74 Å².